The summed E-state index contributed by atoms with van der Waals surface area (Å²) in [5.74, 6) is 0.979. The van der Waals surface area contributed by atoms with Crippen LogP contribution in [0.4, 0.5) is 11.5 Å². The van der Waals surface area contributed by atoms with Gasteiger partial charge in [-0.1, -0.05) is 32.0 Å². The molecule has 2 heterocycles. The second-order valence-electron chi connectivity index (χ2n) is 6.79. The normalized spacial score (nSPS) is 10.7. The van der Waals surface area contributed by atoms with Crippen LogP contribution in [0.3, 0.4) is 0 Å². The van der Waals surface area contributed by atoms with E-state index in [9.17, 15) is 4.79 Å². The Morgan fingerprint density at radius 2 is 1.85 bits per heavy atom. The zero-order valence-corrected chi connectivity index (χ0v) is 15.9. The van der Waals surface area contributed by atoms with Crippen molar-refractivity contribution >= 4 is 17.4 Å². The number of nitrogens with one attached hydrogen (secondary N) is 2. The third-order valence-corrected chi connectivity index (χ3v) is 4.41. The van der Waals surface area contributed by atoms with Crippen molar-refractivity contribution in [3.63, 3.8) is 0 Å². The van der Waals surface area contributed by atoms with Crippen molar-refractivity contribution < 1.29 is 4.79 Å². The fourth-order valence-corrected chi connectivity index (χ4v) is 2.86. The second kappa shape index (κ2) is 8.45. The van der Waals surface area contributed by atoms with Crippen LogP contribution in [0.2, 0.25) is 0 Å². The molecule has 2 N–H and O–H groups in total. The Bertz CT molecular complexity index is 905. The first-order valence-corrected chi connectivity index (χ1v) is 9.04. The van der Waals surface area contributed by atoms with Gasteiger partial charge in [0.1, 0.15) is 5.82 Å². The highest BCUT2D eigenvalue weighted by Crippen LogP contribution is 2.29. The summed E-state index contributed by atoms with van der Waals surface area (Å²) in [5.41, 5.74) is 5.03. The quantitative estimate of drug-likeness (QED) is 0.675. The Labute approximate surface area is 159 Å². The van der Waals surface area contributed by atoms with Crippen molar-refractivity contribution in [1.82, 2.24) is 15.3 Å². The van der Waals surface area contributed by atoms with Gasteiger partial charge < -0.3 is 10.6 Å². The molecule has 0 spiro atoms. The van der Waals surface area contributed by atoms with Crippen LogP contribution in [0.1, 0.15) is 46.8 Å². The number of hydrogen-bond acceptors (Lipinski definition) is 4. The number of rotatable bonds is 6. The minimum Gasteiger partial charge on any atom is -0.348 e. The molecule has 0 unspecified atom stereocenters. The minimum absolute atomic E-state index is 0.148. The van der Waals surface area contributed by atoms with E-state index in [1.54, 1.807) is 24.7 Å². The maximum absolute atomic E-state index is 12.3. The fraction of sp³-hybridized carbons (Fsp3) is 0.227. The largest absolute Gasteiger partial charge is 0.348 e. The van der Waals surface area contributed by atoms with Crippen LogP contribution in [0.15, 0.2) is 61.1 Å². The van der Waals surface area contributed by atoms with Crippen molar-refractivity contribution in [2.45, 2.75) is 33.2 Å². The summed E-state index contributed by atoms with van der Waals surface area (Å²) < 4.78 is 0. The molecule has 138 valence electrons. The van der Waals surface area contributed by atoms with E-state index >= 15 is 0 Å². The number of aryl methyl sites for hydroxylation is 1. The monoisotopic (exact) mass is 360 g/mol. The SMILES string of the molecule is Cc1cccc(C(C)C)c1Nc1ccc(C(=O)NCc2ccncc2)cn1. The van der Waals surface area contributed by atoms with E-state index in [0.717, 1.165) is 17.1 Å². The lowest BCUT2D eigenvalue weighted by atomic mass is 9.98. The lowest BCUT2D eigenvalue weighted by Crippen LogP contribution is -2.22. The molecule has 0 fully saturated rings. The zero-order valence-electron chi connectivity index (χ0n) is 15.9. The van der Waals surface area contributed by atoms with Gasteiger partial charge in [0.2, 0.25) is 0 Å². The molecule has 5 nitrogen and oxygen atoms in total. The van der Waals surface area contributed by atoms with Gasteiger partial charge in [0.05, 0.1) is 5.56 Å². The lowest BCUT2D eigenvalue weighted by Gasteiger charge is -2.17. The third kappa shape index (κ3) is 4.70. The van der Waals surface area contributed by atoms with Gasteiger partial charge in [0.15, 0.2) is 0 Å². The maximum atomic E-state index is 12.3. The molecule has 3 rings (SSSR count). The summed E-state index contributed by atoms with van der Waals surface area (Å²) in [7, 11) is 0. The molecule has 0 bridgehead atoms. The molecule has 0 aliphatic heterocycles. The van der Waals surface area contributed by atoms with Crippen LogP contribution in [0.25, 0.3) is 0 Å². The molecule has 0 saturated carbocycles. The van der Waals surface area contributed by atoms with Crippen LogP contribution in [-0.4, -0.2) is 15.9 Å². The number of pyridine rings is 2. The molecular formula is C22H24N4O. The Kier molecular flexibility index (Phi) is 5.81. The average molecular weight is 360 g/mol. The number of amides is 1. The number of anilines is 2. The summed E-state index contributed by atoms with van der Waals surface area (Å²) in [6.45, 7) is 6.88. The highest BCUT2D eigenvalue weighted by molar-refractivity contribution is 5.94. The smallest absolute Gasteiger partial charge is 0.253 e. The average Bonchev–Trinajstić information content (AvgIpc) is 2.69. The van der Waals surface area contributed by atoms with Gasteiger partial charge >= 0.3 is 0 Å². The first-order chi connectivity index (χ1) is 13.0. The lowest BCUT2D eigenvalue weighted by molar-refractivity contribution is 0.0950. The second-order valence-corrected chi connectivity index (χ2v) is 6.79. The van der Waals surface area contributed by atoms with Gasteiger partial charge in [-0.05, 0) is 53.8 Å². The highest BCUT2D eigenvalue weighted by Gasteiger charge is 2.11. The standard InChI is InChI=1S/C22H24N4O/c1-15(2)19-6-4-5-16(3)21(19)26-20-8-7-18(14-24-20)22(27)25-13-17-9-11-23-12-10-17/h4-12,14-15H,13H2,1-3H3,(H,24,26)(H,25,27). The Balaban J connectivity index is 1.68. The van der Waals surface area contributed by atoms with E-state index in [2.05, 4.69) is 59.6 Å². The predicted octanol–water partition coefficient (Wildman–Crippen LogP) is 4.58. The van der Waals surface area contributed by atoms with Gasteiger partial charge in [0, 0.05) is 30.8 Å². The van der Waals surface area contributed by atoms with E-state index < -0.39 is 0 Å². The van der Waals surface area contributed by atoms with E-state index in [-0.39, 0.29) is 5.91 Å². The number of nitrogens with zero attached hydrogens (tertiary/aromatic N) is 2. The van der Waals surface area contributed by atoms with E-state index in [4.69, 9.17) is 0 Å². The molecule has 3 aromatic rings. The molecule has 1 aromatic carbocycles. The number of hydrogen-bond donors (Lipinski definition) is 2. The van der Waals surface area contributed by atoms with Crippen molar-refractivity contribution in [3.05, 3.63) is 83.3 Å². The molecular weight excluding hydrogens is 336 g/mol. The topological polar surface area (TPSA) is 66.9 Å². The van der Waals surface area contributed by atoms with Gasteiger partial charge in [-0.25, -0.2) is 4.98 Å². The summed E-state index contributed by atoms with van der Waals surface area (Å²) >= 11 is 0. The number of benzene rings is 1. The Morgan fingerprint density at radius 1 is 1.07 bits per heavy atom. The first kappa shape index (κ1) is 18.6. The zero-order chi connectivity index (χ0) is 19.2. The maximum Gasteiger partial charge on any atom is 0.253 e. The van der Waals surface area contributed by atoms with Crippen molar-refractivity contribution in [2.24, 2.45) is 0 Å². The number of carbonyl (C=O) groups is 1. The molecule has 5 heteroatoms. The summed E-state index contributed by atoms with van der Waals surface area (Å²) in [4.78, 5) is 20.7. The van der Waals surface area contributed by atoms with Crippen molar-refractivity contribution in [3.8, 4) is 0 Å². The molecule has 0 atom stereocenters. The van der Waals surface area contributed by atoms with Crippen LogP contribution in [-0.2, 0) is 6.54 Å². The molecule has 0 radical (unpaired) electrons. The van der Waals surface area contributed by atoms with E-state index in [1.807, 2.05) is 18.2 Å². The first-order valence-electron chi connectivity index (χ1n) is 9.04. The minimum atomic E-state index is -0.148. The number of aromatic nitrogens is 2. The predicted molar refractivity (Wildman–Crippen MR) is 108 cm³/mol. The molecule has 0 aliphatic carbocycles. The molecule has 1 amide bonds. The Morgan fingerprint density at radius 3 is 2.52 bits per heavy atom. The summed E-state index contributed by atoms with van der Waals surface area (Å²) in [6.07, 6.45) is 5.01. The molecule has 0 aliphatic rings. The van der Waals surface area contributed by atoms with E-state index in [1.165, 1.54) is 11.1 Å². The molecule has 2 aromatic heterocycles. The summed E-state index contributed by atoms with van der Waals surface area (Å²) in [5, 5.41) is 6.29. The number of para-hydroxylation sites is 1. The van der Waals surface area contributed by atoms with E-state index in [0.29, 0.717) is 18.0 Å². The van der Waals surface area contributed by atoms with Gasteiger partial charge in [-0.2, -0.15) is 0 Å². The van der Waals surface area contributed by atoms with Gasteiger partial charge in [-0.3, -0.25) is 9.78 Å². The van der Waals surface area contributed by atoms with Gasteiger partial charge in [-0.15, -0.1) is 0 Å². The van der Waals surface area contributed by atoms with Crippen LogP contribution < -0.4 is 10.6 Å². The van der Waals surface area contributed by atoms with Crippen LogP contribution >= 0.6 is 0 Å². The third-order valence-electron chi connectivity index (χ3n) is 4.41. The fourth-order valence-electron chi connectivity index (χ4n) is 2.86. The van der Waals surface area contributed by atoms with Crippen LogP contribution in [0.5, 0.6) is 0 Å². The highest BCUT2D eigenvalue weighted by atomic mass is 16.1. The number of carbonyl (C=O) groups excluding carboxylic acids is 1. The van der Waals surface area contributed by atoms with Crippen molar-refractivity contribution in [2.75, 3.05) is 5.32 Å². The van der Waals surface area contributed by atoms with Gasteiger partial charge in [0.25, 0.3) is 5.91 Å². The summed E-state index contributed by atoms with van der Waals surface area (Å²) in [6, 6.07) is 13.6. The molecule has 27 heavy (non-hydrogen) atoms. The van der Waals surface area contributed by atoms with Crippen molar-refractivity contribution in [1.29, 1.82) is 0 Å². The molecule has 0 saturated heterocycles. The Hall–Kier alpha value is -3.21. The van der Waals surface area contributed by atoms with Crippen LogP contribution in [0, 0.1) is 6.92 Å².